The third-order valence-corrected chi connectivity index (χ3v) is 5.57. The third-order valence-electron chi connectivity index (χ3n) is 5.33. The van der Waals surface area contributed by atoms with Gasteiger partial charge in [0.2, 0.25) is 0 Å². The lowest BCUT2D eigenvalue weighted by molar-refractivity contribution is -0.121. The molecule has 29 heavy (non-hydrogen) atoms. The van der Waals surface area contributed by atoms with E-state index in [4.69, 9.17) is 16.3 Å². The summed E-state index contributed by atoms with van der Waals surface area (Å²) in [6, 6.07) is 12.8. The Bertz CT molecular complexity index is 912. The number of amides is 3. The molecule has 2 N–H and O–H groups in total. The van der Waals surface area contributed by atoms with Gasteiger partial charge in [0, 0.05) is 16.8 Å². The minimum Gasteiger partial charge on any atom is -0.482 e. The Morgan fingerprint density at radius 2 is 1.97 bits per heavy atom. The smallest absolute Gasteiger partial charge is 0.319 e. The summed E-state index contributed by atoms with van der Waals surface area (Å²) in [5.41, 5.74) is 2.18. The van der Waals surface area contributed by atoms with E-state index in [1.54, 1.807) is 29.2 Å². The van der Waals surface area contributed by atoms with Gasteiger partial charge in [-0.2, -0.15) is 0 Å². The van der Waals surface area contributed by atoms with Gasteiger partial charge in [-0.25, -0.2) is 4.79 Å². The highest BCUT2D eigenvalue weighted by Gasteiger charge is 2.26. The number of fused-ring (bicyclic) bond motifs is 1. The van der Waals surface area contributed by atoms with E-state index >= 15 is 0 Å². The summed E-state index contributed by atoms with van der Waals surface area (Å²) in [4.78, 5) is 26.5. The van der Waals surface area contributed by atoms with Gasteiger partial charge in [0.05, 0.1) is 12.2 Å². The topological polar surface area (TPSA) is 70.7 Å². The lowest BCUT2D eigenvalue weighted by Gasteiger charge is -2.30. The fourth-order valence-electron chi connectivity index (χ4n) is 3.87. The Morgan fingerprint density at radius 3 is 2.76 bits per heavy atom. The summed E-state index contributed by atoms with van der Waals surface area (Å²) in [6.07, 6.45) is 5.59. The molecule has 1 aliphatic heterocycles. The molecule has 0 bridgehead atoms. The van der Waals surface area contributed by atoms with Crippen molar-refractivity contribution in [1.29, 1.82) is 0 Å². The molecule has 3 amide bonds. The lowest BCUT2D eigenvalue weighted by Crippen LogP contribution is -2.39. The van der Waals surface area contributed by atoms with E-state index < -0.39 is 0 Å². The van der Waals surface area contributed by atoms with Crippen LogP contribution in [0, 0.1) is 0 Å². The molecule has 0 unspecified atom stereocenters. The molecule has 152 valence electrons. The van der Waals surface area contributed by atoms with Crippen LogP contribution in [0.1, 0.15) is 37.7 Å². The molecule has 1 fully saturated rings. The molecule has 0 radical (unpaired) electrons. The van der Waals surface area contributed by atoms with Gasteiger partial charge in [-0.15, -0.1) is 0 Å². The molecule has 0 saturated heterocycles. The number of nitrogens with one attached hydrogen (secondary N) is 2. The molecule has 1 heterocycles. The maximum Gasteiger partial charge on any atom is 0.319 e. The van der Waals surface area contributed by atoms with Crippen LogP contribution < -0.4 is 20.3 Å². The van der Waals surface area contributed by atoms with Gasteiger partial charge in [-0.3, -0.25) is 4.79 Å². The van der Waals surface area contributed by atoms with Crippen LogP contribution in [0.25, 0.3) is 0 Å². The second-order valence-corrected chi connectivity index (χ2v) is 7.95. The Labute approximate surface area is 175 Å². The second kappa shape index (κ2) is 8.74. The molecule has 2 aromatic rings. The van der Waals surface area contributed by atoms with Crippen LogP contribution in [-0.2, 0) is 11.3 Å². The van der Waals surface area contributed by atoms with Crippen LogP contribution in [0.4, 0.5) is 16.2 Å². The summed E-state index contributed by atoms with van der Waals surface area (Å²) < 4.78 is 5.56. The van der Waals surface area contributed by atoms with Gasteiger partial charge in [-0.1, -0.05) is 43.0 Å². The predicted octanol–water partition coefficient (Wildman–Crippen LogP) is 4.72. The van der Waals surface area contributed by atoms with Crippen molar-refractivity contribution in [3.05, 3.63) is 53.1 Å². The van der Waals surface area contributed by atoms with Crippen molar-refractivity contribution >= 4 is 34.9 Å². The molecule has 6 nitrogen and oxygen atoms in total. The molecule has 7 heteroatoms. The summed E-state index contributed by atoms with van der Waals surface area (Å²) in [7, 11) is 0. The Kier molecular flexibility index (Phi) is 5.90. The van der Waals surface area contributed by atoms with Gasteiger partial charge in [0.15, 0.2) is 6.61 Å². The van der Waals surface area contributed by atoms with Crippen LogP contribution in [0.5, 0.6) is 5.75 Å². The number of benzene rings is 2. The van der Waals surface area contributed by atoms with Crippen LogP contribution in [0.15, 0.2) is 42.5 Å². The zero-order valence-electron chi connectivity index (χ0n) is 16.1. The lowest BCUT2D eigenvalue weighted by atomic mass is 9.96. The zero-order chi connectivity index (χ0) is 20.2. The Hall–Kier alpha value is -2.73. The number of urea groups is 1. The molecular formula is C22H24ClN3O3. The normalized spacial score (nSPS) is 16.7. The fourth-order valence-corrected chi connectivity index (χ4v) is 4.08. The van der Waals surface area contributed by atoms with Crippen molar-refractivity contribution in [3.8, 4) is 5.75 Å². The van der Waals surface area contributed by atoms with E-state index in [0.29, 0.717) is 28.7 Å². The molecule has 0 atom stereocenters. The zero-order valence-corrected chi connectivity index (χ0v) is 16.9. The van der Waals surface area contributed by atoms with Crippen molar-refractivity contribution < 1.29 is 14.3 Å². The number of carbonyl (C=O) groups excluding carboxylic acids is 2. The first kappa shape index (κ1) is 19.6. The Morgan fingerprint density at radius 1 is 1.14 bits per heavy atom. The third kappa shape index (κ3) is 4.82. The van der Waals surface area contributed by atoms with Gasteiger partial charge in [-0.05, 0) is 48.7 Å². The minimum atomic E-state index is -0.221. The first-order valence-electron chi connectivity index (χ1n) is 9.98. The SMILES string of the molecule is O=C(Nc1ccc2c(c1)N(Cc1cccc(Cl)c1)C(=O)CO2)NC1CCCCC1. The van der Waals surface area contributed by atoms with E-state index in [0.717, 1.165) is 31.2 Å². The molecule has 1 aliphatic carbocycles. The van der Waals surface area contributed by atoms with E-state index in [2.05, 4.69) is 10.6 Å². The highest BCUT2D eigenvalue weighted by Crippen LogP contribution is 2.35. The predicted molar refractivity (Wildman–Crippen MR) is 114 cm³/mol. The highest BCUT2D eigenvalue weighted by molar-refractivity contribution is 6.30. The monoisotopic (exact) mass is 413 g/mol. The first-order valence-corrected chi connectivity index (χ1v) is 10.4. The highest BCUT2D eigenvalue weighted by atomic mass is 35.5. The number of rotatable bonds is 4. The maximum absolute atomic E-state index is 12.5. The van der Waals surface area contributed by atoms with Gasteiger partial charge < -0.3 is 20.3 Å². The number of halogens is 1. The van der Waals surface area contributed by atoms with Gasteiger partial charge in [0.1, 0.15) is 5.75 Å². The number of anilines is 2. The van der Waals surface area contributed by atoms with E-state index in [-0.39, 0.29) is 24.6 Å². The number of nitrogens with zero attached hydrogens (tertiary/aromatic N) is 1. The molecule has 0 aromatic heterocycles. The number of hydrogen-bond acceptors (Lipinski definition) is 3. The van der Waals surface area contributed by atoms with Crippen LogP contribution in [0.2, 0.25) is 5.02 Å². The maximum atomic E-state index is 12.5. The van der Waals surface area contributed by atoms with E-state index in [1.165, 1.54) is 6.42 Å². The number of carbonyl (C=O) groups is 2. The molecule has 2 aromatic carbocycles. The molecular weight excluding hydrogens is 390 g/mol. The standard InChI is InChI=1S/C22H24ClN3O3/c23-16-6-4-5-15(11-16)13-26-19-12-18(9-10-20(19)29-14-21(26)27)25-22(28)24-17-7-2-1-3-8-17/h4-6,9-12,17H,1-3,7-8,13-14H2,(H2,24,25,28). The van der Waals surface area contributed by atoms with Crippen LogP contribution in [0.3, 0.4) is 0 Å². The largest absolute Gasteiger partial charge is 0.482 e. The van der Waals surface area contributed by atoms with Crippen LogP contribution in [-0.4, -0.2) is 24.6 Å². The molecule has 1 saturated carbocycles. The first-order chi connectivity index (χ1) is 14.1. The van der Waals surface area contributed by atoms with Crippen LogP contribution >= 0.6 is 11.6 Å². The van der Waals surface area contributed by atoms with Crippen molar-refractivity contribution in [2.45, 2.75) is 44.7 Å². The summed E-state index contributed by atoms with van der Waals surface area (Å²) in [5.74, 6) is 0.478. The second-order valence-electron chi connectivity index (χ2n) is 7.51. The molecule has 2 aliphatic rings. The summed E-state index contributed by atoms with van der Waals surface area (Å²) >= 11 is 6.08. The average molecular weight is 414 g/mol. The average Bonchev–Trinajstić information content (AvgIpc) is 2.71. The van der Waals surface area contributed by atoms with E-state index in [1.807, 2.05) is 18.2 Å². The van der Waals surface area contributed by atoms with E-state index in [9.17, 15) is 9.59 Å². The quantitative estimate of drug-likeness (QED) is 0.761. The summed E-state index contributed by atoms with van der Waals surface area (Å²) in [6.45, 7) is 0.371. The fraction of sp³-hybridized carbons (Fsp3) is 0.364. The van der Waals surface area contributed by atoms with Gasteiger partial charge >= 0.3 is 6.03 Å². The molecule has 0 spiro atoms. The van der Waals surface area contributed by atoms with Crippen molar-refractivity contribution in [2.24, 2.45) is 0 Å². The minimum absolute atomic E-state index is 0.0114. The van der Waals surface area contributed by atoms with Crippen molar-refractivity contribution in [2.75, 3.05) is 16.8 Å². The number of hydrogen-bond donors (Lipinski definition) is 2. The van der Waals surface area contributed by atoms with Gasteiger partial charge in [0.25, 0.3) is 5.91 Å². The molecule has 4 rings (SSSR count). The van der Waals surface area contributed by atoms with Crippen molar-refractivity contribution in [3.63, 3.8) is 0 Å². The Balaban J connectivity index is 1.50. The number of ether oxygens (including phenoxy) is 1. The van der Waals surface area contributed by atoms with Crippen molar-refractivity contribution in [1.82, 2.24) is 5.32 Å². The summed E-state index contributed by atoms with van der Waals surface area (Å²) in [5, 5.41) is 6.54.